The van der Waals surface area contributed by atoms with E-state index < -0.39 is 31.1 Å². The van der Waals surface area contributed by atoms with Crippen LogP contribution in [0.4, 0.5) is 0 Å². The van der Waals surface area contributed by atoms with Gasteiger partial charge in [0.2, 0.25) is 0 Å². The van der Waals surface area contributed by atoms with Crippen LogP contribution in [-0.2, 0) is 28.6 Å². The van der Waals surface area contributed by atoms with Crippen molar-refractivity contribution in [2.24, 2.45) is 22.7 Å². The highest BCUT2D eigenvalue weighted by atomic mass is 32.2. The third-order valence-corrected chi connectivity index (χ3v) is 10.2. The van der Waals surface area contributed by atoms with E-state index in [1.165, 1.54) is 24.3 Å². The summed E-state index contributed by atoms with van der Waals surface area (Å²) in [5, 5.41) is 0. The van der Waals surface area contributed by atoms with Crippen molar-refractivity contribution in [1.29, 1.82) is 0 Å². The Balaban J connectivity index is 1.55. The molecule has 0 unspecified atom stereocenters. The predicted molar refractivity (Wildman–Crippen MR) is 126 cm³/mol. The molecular formula is C25H30O6S2. The van der Waals surface area contributed by atoms with Gasteiger partial charge in [-0.3, -0.25) is 8.37 Å². The first kappa shape index (κ1) is 24.1. The van der Waals surface area contributed by atoms with Gasteiger partial charge in [0.25, 0.3) is 20.2 Å². The third kappa shape index (κ3) is 4.30. The van der Waals surface area contributed by atoms with Crippen LogP contribution in [0.15, 0.2) is 70.5 Å². The standard InChI is InChI=1S/C25H30O6S2/c1-18-5-11-22(12-6-18)32(26,27)30-16-24(3)20-9-10-21(15-20)25(24,4)17-31-33(28,29)23-13-7-19(2)8-14-23/h5-14,20-21H,15-17H2,1-4H3/t20-,21-,24-,25+/m0/s1. The molecule has 178 valence electrons. The van der Waals surface area contributed by atoms with E-state index in [0.29, 0.717) is 0 Å². The molecule has 2 aliphatic carbocycles. The summed E-state index contributed by atoms with van der Waals surface area (Å²) in [7, 11) is -7.89. The molecule has 2 aromatic carbocycles. The van der Waals surface area contributed by atoms with Gasteiger partial charge in [-0.1, -0.05) is 61.4 Å². The maximum absolute atomic E-state index is 12.8. The van der Waals surface area contributed by atoms with Crippen LogP contribution in [0.5, 0.6) is 0 Å². The van der Waals surface area contributed by atoms with E-state index in [9.17, 15) is 16.8 Å². The van der Waals surface area contributed by atoms with Crippen LogP contribution in [0.3, 0.4) is 0 Å². The molecule has 2 bridgehead atoms. The van der Waals surface area contributed by atoms with E-state index >= 15 is 0 Å². The van der Waals surface area contributed by atoms with E-state index in [2.05, 4.69) is 12.2 Å². The lowest BCUT2D eigenvalue weighted by Crippen LogP contribution is -2.48. The Morgan fingerprint density at radius 2 is 1.03 bits per heavy atom. The zero-order chi connectivity index (χ0) is 24.1. The lowest BCUT2D eigenvalue weighted by molar-refractivity contribution is -0.0228. The highest BCUT2D eigenvalue weighted by Gasteiger charge is 2.61. The first-order chi connectivity index (χ1) is 15.4. The molecule has 8 heteroatoms. The molecule has 0 heterocycles. The molecule has 1 fully saturated rings. The summed E-state index contributed by atoms with van der Waals surface area (Å²) in [6.07, 6.45) is 4.99. The summed E-state index contributed by atoms with van der Waals surface area (Å²) in [6, 6.07) is 13.0. The van der Waals surface area contributed by atoms with E-state index in [1.807, 2.05) is 27.7 Å². The number of hydrogen-bond acceptors (Lipinski definition) is 6. The van der Waals surface area contributed by atoms with E-state index in [-0.39, 0.29) is 34.8 Å². The van der Waals surface area contributed by atoms with Crippen molar-refractivity contribution in [2.75, 3.05) is 13.2 Å². The van der Waals surface area contributed by atoms with Crippen molar-refractivity contribution in [1.82, 2.24) is 0 Å². The third-order valence-electron chi connectivity index (χ3n) is 7.67. The number of benzene rings is 2. The Morgan fingerprint density at radius 3 is 1.36 bits per heavy atom. The Labute approximate surface area is 196 Å². The fraction of sp³-hybridized carbons (Fsp3) is 0.440. The fourth-order valence-electron chi connectivity index (χ4n) is 4.98. The summed E-state index contributed by atoms with van der Waals surface area (Å²) in [4.78, 5) is 0.214. The topological polar surface area (TPSA) is 86.7 Å². The second kappa shape index (κ2) is 8.34. The second-order valence-electron chi connectivity index (χ2n) is 9.73. The minimum Gasteiger partial charge on any atom is -0.266 e. The average molecular weight is 491 g/mol. The number of allylic oxidation sites excluding steroid dienone is 2. The first-order valence-corrected chi connectivity index (χ1v) is 13.8. The molecule has 1 saturated carbocycles. The largest absolute Gasteiger partial charge is 0.296 e. The Kier molecular flexibility index (Phi) is 6.10. The van der Waals surface area contributed by atoms with Crippen molar-refractivity contribution < 1.29 is 25.2 Å². The van der Waals surface area contributed by atoms with Crippen molar-refractivity contribution in [3.05, 3.63) is 71.8 Å². The zero-order valence-corrected chi connectivity index (χ0v) is 20.9. The van der Waals surface area contributed by atoms with Crippen molar-refractivity contribution in [2.45, 2.75) is 43.9 Å². The van der Waals surface area contributed by atoms with Crippen LogP contribution in [0.1, 0.15) is 31.4 Å². The van der Waals surface area contributed by atoms with Gasteiger partial charge in [0.15, 0.2) is 0 Å². The normalized spacial score (nSPS) is 29.0. The van der Waals surface area contributed by atoms with Gasteiger partial charge in [-0.05, 0) is 56.4 Å². The molecule has 33 heavy (non-hydrogen) atoms. The van der Waals surface area contributed by atoms with Crippen molar-refractivity contribution >= 4 is 20.2 Å². The van der Waals surface area contributed by atoms with E-state index in [4.69, 9.17) is 8.37 Å². The van der Waals surface area contributed by atoms with Gasteiger partial charge < -0.3 is 0 Å². The smallest absolute Gasteiger partial charge is 0.266 e. The summed E-state index contributed by atoms with van der Waals surface area (Å²) in [5.41, 5.74) is 0.678. The maximum atomic E-state index is 12.8. The van der Waals surface area contributed by atoms with Crippen LogP contribution < -0.4 is 0 Å². The molecule has 4 rings (SSSR count). The first-order valence-electron chi connectivity index (χ1n) is 11.0. The molecule has 6 nitrogen and oxygen atoms in total. The predicted octanol–water partition coefficient (Wildman–Crippen LogP) is 4.63. The van der Waals surface area contributed by atoms with Crippen LogP contribution in [0.2, 0.25) is 0 Å². The van der Waals surface area contributed by atoms with Crippen LogP contribution >= 0.6 is 0 Å². The molecule has 0 spiro atoms. The molecule has 0 amide bonds. The lowest BCUT2D eigenvalue weighted by atomic mass is 9.60. The molecular weight excluding hydrogens is 460 g/mol. The maximum Gasteiger partial charge on any atom is 0.296 e. The number of aryl methyl sites for hydroxylation is 2. The minimum absolute atomic E-state index is 0.0564. The van der Waals surface area contributed by atoms with Crippen LogP contribution in [0, 0.1) is 36.5 Å². The summed E-state index contributed by atoms with van der Waals surface area (Å²) < 4.78 is 62.4. The Morgan fingerprint density at radius 1 is 0.697 bits per heavy atom. The molecule has 0 saturated heterocycles. The van der Waals surface area contributed by atoms with Gasteiger partial charge in [-0.2, -0.15) is 16.8 Å². The Bertz CT molecular complexity index is 1160. The van der Waals surface area contributed by atoms with Gasteiger partial charge >= 0.3 is 0 Å². The number of rotatable bonds is 8. The van der Waals surface area contributed by atoms with E-state index in [0.717, 1.165) is 17.5 Å². The van der Waals surface area contributed by atoms with Crippen LogP contribution in [-0.4, -0.2) is 30.0 Å². The quantitative estimate of drug-likeness (QED) is 0.396. The van der Waals surface area contributed by atoms with Gasteiger partial charge in [-0.15, -0.1) is 0 Å². The monoisotopic (exact) mass is 490 g/mol. The molecule has 2 aliphatic rings. The van der Waals surface area contributed by atoms with Gasteiger partial charge in [0, 0.05) is 10.8 Å². The molecule has 4 atom stereocenters. The molecule has 0 aromatic heterocycles. The zero-order valence-electron chi connectivity index (χ0n) is 19.3. The SMILES string of the molecule is Cc1ccc(S(=O)(=O)OC[C@@]2(C)[C@H]3C=C[C@@H](C3)[C@@]2(C)COS(=O)(=O)c2ccc(C)cc2)cc1. The highest BCUT2D eigenvalue weighted by Crippen LogP contribution is 2.63. The van der Waals surface area contributed by atoms with Crippen LogP contribution in [0.25, 0.3) is 0 Å². The molecule has 0 N–H and O–H groups in total. The highest BCUT2D eigenvalue weighted by molar-refractivity contribution is 7.87. The van der Waals surface area contributed by atoms with E-state index in [1.54, 1.807) is 24.3 Å². The molecule has 0 radical (unpaired) electrons. The second-order valence-corrected chi connectivity index (χ2v) is 13.0. The average Bonchev–Trinajstić information content (AvgIpc) is 3.34. The number of fused-ring (bicyclic) bond motifs is 2. The minimum atomic E-state index is -3.94. The number of hydrogen-bond donors (Lipinski definition) is 0. The van der Waals surface area contributed by atoms with Crippen molar-refractivity contribution in [3.8, 4) is 0 Å². The van der Waals surface area contributed by atoms with Gasteiger partial charge in [0.1, 0.15) is 0 Å². The van der Waals surface area contributed by atoms with Crippen molar-refractivity contribution in [3.63, 3.8) is 0 Å². The molecule has 0 aliphatic heterocycles. The summed E-state index contributed by atoms with van der Waals surface area (Å²) in [5.74, 6) is 0.151. The summed E-state index contributed by atoms with van der Waals surface area (Å²) in [6.45, 7) is 7.59. The lowest BCUT2D eigenvalue weighted by Gasteiger charge is -2.46. The fourth-order valence-corrected chi connectivity index (χ4v) is 6.99. The van der Waals surface area contributed by atoms with Gasteiger partial charge in [-0.25, -0.2) is 0 Å². The molecule has 2 aromatic rings. The Hall–Kier alpha value is -2.00. The van der Waals surface area contributed by atoms with Gasteiger partial charge in [0.05, 0.1) is 23.0 Å². The summed E-state index contributed by atoms with van der Waals surface area (Å²) >= 11 is 0.